The van der Waals surface area contributed by atoms with Crippen molar-refractivity contribution in [2.45, 2.75) is 52.0 Å². The van der Waals surface area contributed by atoms with E-state index in [1.54, 1.807) is 23.1 Å². The molecule has 0 fully saturated rings. The standard InChI is InChI=1S/C24H31N3O4/c1-3-5-16-25-24(29)21(4-2)26(17-15-19-11-7-6-8-12-19)23(28)18-20-13-9-10-14-22(20)27(30)31/h6-14,21H,3-5,15-18H2,1-2H3,(H,25,29). The van der Waals surface area contributed by atoms with Crippen molar-refractivity contribution in [3.05, 3.63) is 75.8 Å². The van der Waals surface area contributed by atoms with Gasteiger partial charge in [0.05, 0.1) is 11.3 Å². The summed E-state index contributed by atoms with van der Waals surface area (Å²) in [6.45, 7) is 4.85. The Balaban J connectivity index is 2.23. The summed E-state index contributed by atoms with van der Waals surface area (Å²) in [6.07, 6.45) is 2.78. The normalized spacial score (nSPS) is 11.5. The first-order valence-corrected chi connectivity index (χ1v) is 10.8. The lowest BCUT2D eigenvalue weighted by Gasteiger charge is -2.30. The fourth-order valence-corrected chi connectivity index (χ4v) is 3.50. The first kappa shape index (κ1) is 24.1. The molecule has 0 heterocycles. The van der Waals surface area contributed by atoms with Crippen molar-refractivity contribution in [1.82, 2.24) is 10.2 Å². The number of hydrogen-bond acceptors (Lipinski definition) is 4. The van der Waals surface area contributed by atoms with Gasteiger partial charge in [0.2, 0.25) is 11.8 Å². The number of carbonyl (C=O) groups is 2. The molecule has 0 radical (unpaired) electrons. The Hall–Kier alpha value is -3.22. The number of unbranched alkanes of at least 4 members (excludes halogenated alkanes) is 1. The zero-order chi connectivity index (χ0) is 22.6. The Morgan fingerprint density at radius 1 is 1.06 bits per heavy atom. The highest BCUT2D eigenvalue weighted by atomic mass is 16.6. The molecule has 1 N–H and O–H groups in total. The second-order valence-corrected chi connectivity index (χ2v) is 7.45. The molecule has 2 aromatic rings. The molecule has 0 aliphatic heterocycles. The number of nitrogens with one attached hydrogen (secondary N) is 1. The predicted octanol–water partition coefficient (Wildman–Crippen LogP) is 3.90. The maximum absolute atomic E-state index is 13.3. The first-order chi connectivity index (χ1) is 15.0. The monoisotopic (exact) mass is 425 g/mol. The van der Waals surface area contributed by atoms with Crippen LogP contribution in [0.2, 0.25) is 0 Å². The van der Waals surface area contributed by atoms with Crippen molar-refractivity contribution < 1.29 is 14.5 Å². The molecule has 2 rings (SSSR count). The van der Waals surface area contributed by atoms with E-state index >= 15 is 0 Å². The van der Waals surface area contributed by atoms with Crippen molar-refractivity contribution in [2.24, 2.45) is 0 Å². The van der Waals surface area contributed by atoms with Gasteiger partial charge >= 0.3 is 0 Å². The van der Waals surface area contributed by atoms with Gasteiger partial charge in [-0.15, -0.1) is 0 Å². The van der Waals surface area contributed by atoms with E-state index in [0.29, 0.717) is 31.5 Å². The quantitative estimate of drug-likeness (QED) is 0.317. The molecule has 0 aliphatic rings. The Labute approximate surface area is 183 Å². The highest BCUT2D eigenvalue weighted by molar-refractivity contribution is 5.88. The molecular weight excluding hydrogens is 394 g/mol. The van der Waals surface area contributed by atoms with Crippen molar-refractivity contribution >= 4 is 17.5 Å². The second-order valence-electron chi connectivity index (χ2n) is 7.45. The number of para-hydroxylation sites is 1. The molecule has 0 saturated heterocycles. The molecule has 2 amide bonds. The smallest absolute Gasteiger partial charge is 0.273 e. The molecule has 1 unspecified atom stereocenters. The average Bonchev–Trinajstić information content (AvgIpc) is 2.77. The largest absolute Gasteiger partial charge is 0.354 e. The lowest BCUT2D eigenvalue weighted by molar-refractivity contribution is -0.385. The maximum Gasteiger partial charge on any atom is 0.273 e. The van der Waals surface area contributed by atoms with E-state index in [1.807, 2.05) is 44.2 Å². The van der Waals surface area contributed by atoms with Gasteiger partial charge in [-0.3, -0.25) is 19.7 Å². The van der Waals surface area contributed by atoms with E-state index in [2.05, 4.69) is 5.32 Å². The molecule has 0 aliphatic carbocycles. The minimum absolute atomic E-state index is 0.0840. The zero-order valence-electron chi connectivity index (χ0n) is 18.3. The molecule has 166 valence electrons. The third-order valence-electron chi connectivity index (χ3n) is 5.23. The molecule has 0 spiro atoms. The van der Waals surface area contributed by atoms with Gasteiger partial charge in [-0.2, -0.15) is 0 Å². The Kier molecular flexibility index (Phi) is 9.68. The highest BCUT2D eigenvalue weighted by Gasteiger charge is 2.29. The first-order valence-electron chi connectivity index (χ1n) is 10.8. The van der Waals surface area contributed by atoms with Gasteiger partial charge in [-0.05, 0) is 24.8 Å². The van der Waals surface area contributed by atoms with Crippen LogP contribution in [0.25, 0.3) is 0 Å². The lowest BCUT2D eigenvalue weighted by Crippen LogP contribution is -2.50. The van der Waals surface area contributed by atoms with Gasteiger partial charge < -0.3 is 10.2 Å². The Bertz CT molecular complexity index is 870. The van der Waals surface area contributed by atoms with Crippen LogP contribution in [0.15, 0.2) is 54.6 Å². The molecule has 0 bridgehead atoms. The number of carbonyl (C=O) groups excluding carboxylic acids is 2. The van der Waals surface area contributed by atoms with Gasteiger partial charge in [0.1, 0.15) is 6.04 Å². The summed E-state index contributed by atoms with van der Waals surface area (Å²) in [4.78, 5) is 38.5. The van der Waals surface area contributed by atoms with Gasteiger partial charge in [0, 0.05) is 24.7 Å². The molecule has 31 heavy (non-hydrogen) atoms. The highest BCUT2D eigenvalue weighted by Crippen LogP contribution is 2.20. The number of amides is 2. The van der Waals surface area contributed by atoms with E-state index < -0.39 is 11.0 Å². The van der Waals surface area contributed by atoms with E-state index in [4.69, 9.17) is 0 Å². The summed E-state index contributed by atoms with van der Waals surface area (Å²) in [7, 11) is 0. The van der Waals surface area contributed by atoms with E-state index in [9.17, 15) is 19.7 Å². The van der Waals surface area contributed by atoms with Crippen LogP contribution < -0.4 is 5.32 Å². The molecule has 0 aromatic heterocycles. The Morgan fingerprint density at radius 3 is 2.39 bits per heavy atom. The van der Waals surface area contributed by atoms with Crippen molar-refractivity contribution in [1.29, 1.82) is 0 Å². The van der Waals surface area contributed by atoms with Crippen LogP contribution >= 0.6 is 0 Å². The Morgan fingerprint density at radius 2 is 1.74 bits per heavy atom. The fourth-order valence-electron chi connectivity index (χ4n) is 3.50. The summed E-state index contributed by atoms with van der Waals surface area (Å²) >= 11 is 0. The number of nitrogens with zero attached hydrogens (tertiary/aromatic N) is 2. The van der Waals surface area contributed by atoms with Crippen LogP contribution in [0.5, 0.6) is 0 Å². The molecule has 7 heteroatoms. The number of nitro benzene ring substituents is 1. The molecule has 7 nitrogen and oxygen atoms in total. The molecule has 0 saturated carbocycles. The molecule has 2 aromatic carbocycles. The third-order valence-corrected chi connectivity index (χ3v) is 5.23. The minimum atomic E-state index is -0.615. The summed E-state index contributed by atoms with van der Waals surface area (Å²) in [6, 6.07) is 15.4. The summed E-state index contributed by atoms with van der Waals surface area (Å²) in [5, 5.41) is 14.3. The molecular formula is C24H31N3O4. The summed E-state index contributed by atoms with van der Waals surface area (Å²) in [5.74, 6) is -0.470. The SMILES string of the molecule is CCCCNC(=O)C(CC)N(CCc1ccccc1)C(=O)Cc1ccccc1[N+](=O)[O-]. The number of benzene rings is 2. The third kappa shape index (κ3) is 7.20. The van der Waals surface area contributed by atoms with Crippen LogP contribution in [-0.4, -0.2) is 40.8 Å². The molecule has 1 atom stereocenters. The van der Waals surface area contributed by atoms with Gasteiger partial charge in [0.25, 0.3) is 5.69 Å². The van der Waals surface area contributed by atoms with Gasteiger partial charge in [-0.25, -0.2) is 0 Å². The van der Waals surface area contributed by atoms with Crippen molar-refractivity contribution in [3.8, 4) is 0 Å². The van der Waals surface area contributed by atoms with Crippen molar-refractivity contribution in [3.63, 3.8) is 0 Å². The van der Waals surface area contributed by atoms with Crippen LogP contribution in [0.3, 0.4) is 0 Å². The lowest BCUT2D eigenvalue weighted by atomic mass is 10.1. The number of nitro groups is 1. The van der Waals surface area contributed by atoms with E-state index in [0.717, 1.165) is 18.4 Å². The average molecular weight is 426 g/mol. The number of hydrogen-bond donors (Lipinski definition) is 1. The van der Waals surface area contributed by atoms with Gasteiger partial charge in [-0.1, -0.05) is 68.8 Å². The predicted molar refractivity (Wildman–Crippen MR) is 121 cm³/mol. The van der Waals surface area contributed by atoms with E-state index in [-0.39, 0.29) is 23.9 Å². The van der Waals surface area contributed by atoms with E-state index in [1.165, 1.54) is 6.07 Å². The van der Waals surface area contributed by atoms with Crippen LogP contribution in [0, 0.1) is 10.1 Å². The maximum atomic E-state index is 13.3. The summed E-state index contributed by atoms with van der Waals surface area (Å²) in [5.41, 5.74) is 1.33. The summed E-state index contributed by atoms with van der Waals surface area (Å²) < 4.78 is 0. The minimum Gasteiger partial charge on any atom is -0.354 e. The second kappa shape index (κ2) is 12.5. The number of rotatable bonds is 12. The topological polar surface area (TPSA) is 92.6 Å². The fraction of sp³-hybridized carbons (Fsp3) is 0.417. The van der Waals surface area contributed by atoms with Crippen LogP contribution in [-0.2, 0) is 22.4 Å². The van der Waals surface area contributed by atoms with Gasteiger partial charge in [0.15, 0.2) is 0 Å². The zero-order valence-corrected chi connectivity index (χ0v) is 18.3. The van der Waals surface area contributed by atoms with Crippen LogP contribution in [0.4, 0.5) is 5.69 Å². The van der Waals surface area contributed by atoms with Crippen molar-refractivity contribution in [2.75, 3.05) is 13.1 Å². The van der Waals surface area contributed by atoms with Crippen LogP contribution in [0.1, 0.15) is 44.2 Å².